The molecule has 0 bridgehead atoms. The van der Waals surface area contributed by atoms with Gasteiger partial charge < -0.3 is 0 Å². The molecule has 0 N–H and O–H groups in total. The van der Waals surface area contributed by atoms with E-state index in [-0.39, 0.29) is 11.1 Å². The van der Waals surface area contributed by atoms with Gasteiger partial charge in [-0.2, -0.15) is 18.4 Å². The molecule has 0 radical (unpaired) electrons. The number of halogens is 5. The SMILES string of the molecule is Cc1cc(CC#N)c(C(F)(F)F)nc1C(F)F. The third kappa shape index (κ3) is 2.90. The van der Waals surface area contributed by atoms with Gasteiger partial charge in [-0.15, -0.1) is 0 Å². The molecule has 1 heterocycles. The Bertz CT molecular complexity index is 459. The highest BCUT2D eigenvalue weighted by atomic mass is 19.4. The summed E-state index contributed by atoms with van der Waals surface area (Å²) < 4.78 is 62.4. The summed E-state index contributed by atoms with van der Waals surface area (Å²) in [5, 5.41) is 8.39. The molecule has 0 aliphatic carbocycles. The number of rotatable bonds is 2. The van der Waals surface area contributed by atoms with Gasteiger partial charge in [0.05, 0.1) is 12.5 Å². The monoisotopic (exact) mass is 250 g/mol. The lowest BCUT2D eigenvalue weighted by Crippen LogP contribution is -2.14. The molecular weight excluding hydrogens is 243 g/mol. The number of alkyl halides is 5. The lowest BCUT2D eigenvalue weighted by atomic mass is 10.1. The van der Waals surface area contributed by atoms with E-state index in [0.717, 1.165) is 6.07 Å². The van der Waals surface area contributed by atoms with E-state index < -0.39 is 30.4 Å². The molecule has 0 spiro atoms. The molecule has 0 aromatic carbocycles. The standard InChI is InChI=1S/C10H7F5N2/c1-5-4-6(2-3-16)8(10(13,14)15)17-7(5)9(11)12/h4,9H,2H2,1H3. The van der Waals surface area contributed by atoms with Crippen molar-refractivity contribution in [3.05, 3.63) is 28.6 Å². The van der Waals surface area contributed by atoms with E-state index in [0.29, 0.717) is 0 Å². The molecule has 1 aromatic rings. The molecule has 1 rings (SSSR count). The van der Waals surface area contributed by atoms with E-state index >= 15 is 0 Å². The highest BCUT2D eigenvalue weighted by Crippen LogP contribution is 2.33. The lowest BCUT2D eigenvalue weighted by Gasteiger charge is -2.13. The summed E-state index contributed by atoms with van der Waals surface area (Å²) >= 11 is 0. The highest BCUT2D eigenvalue weighted by Gasteiger charge is 2.36. The van der Waals surface area contributed by atoms with Crippen LogP contribution in [0.15, 0.2) is 6.07 Å². The van der Waals surface area contributed by atoms with Crippen LogP contribution in [0.3, 0.4) is 0 Å². The van der Waals surface area contributed by atoms with Gasteiger partial charge in [-0.05, 0) is 18.1 Å². The lowest BCUT2D eigenvalue weighted by molar-refractivity contribution is -0.142. The van der Waals surface area contributed by atoms with Crippen molar-refractivity contribution in [1.82, 2.24) is 4.98 Å². The van der Waals surface area contributed by atoms with E-state index in [9.17, 15) is 22.0 Å². The minimum Gasteiger partial charge on any atom is -0.242 e. The van der Waals surface area contributed by atoms with Crippen molar-refractivity contribution >= 4 is 0 Å². The highest BCUT2D eigenvalue weighted by molar-refractivity contribution is 5.33. The summed E-state index contributed by atoms with van der Waals surface area (Å²) in [6.45, 7) is 1.23. The average molecular weight is 250 g/mol. The second kappa shape index (κ2) is 4.65. The van der Waals surface area contributed by atoms with Gasteiger partial charge in [0, 0.05) is 0 Å². The summed E-state index contributed by atoms with van der Waals surface area (Å²) in [4.78, 5) is 2.94. The molecule has 17 heavy (non-hydrogen) atoms. The average Bonchev–Trinajstić information content (AvgIpc) is 2.15. The molecule has 0 saturated carbocycles. The number of hydrogen-bond donors (Lipinski definition) is 0. The Labute approximate surface area is 93.7 Å². The summed E-state index contributed by atoms with van der Waals surface area (Å²) in [6.07, 6.45) is -8.44. The number of aromatic nitrogens is 1. The van der Waals surface area contributed by atoms with E-state index in [1.807, 2.05) is 0 Å². The van der Waals surface area contributed by atoms with E-state index in [2.05, 4.69) is 4.98 Å². The second-order valence-corrected chi connectivity index (χ2v) is 3.33. The first-order valence-electron chi connectivity index (χ1n) is 4.50. The first-order chi connectivity index (χ1) is 7.77. The summed E-state index contributed by atoms with van der Waals surface area (Å²) in [5.41, 5.74) is -2.76. The van der Waals surface area contributed by atoms with Crippen LogP contribution in [0.1, 0.15) is 28.9 Å². The van der Waals surface area contributed by atoms with Crippen molar-refractivity contribution in [2.75, 3.05) is 0 Å². The molecule has 1 aromatic heterocycles. The largest absolute Gasteiger partial charge is 0.433 e. The van der Waals surface area contributed by atoms with Gasteiger partial charge in [-0.1, -0.05) is 6.07 Å². The van der Waals surface area contributed by atoms with Crippen molar-refractivity contribution in [1.29, 1.82) is 5.26 Å². The molecule has 2 nitrogen and oxygen atoms in total. The predicted molar refractivity (Wildman–Crippen MR) is 48.3 cm³/mol. The molecule has 7 heteroatoms. The van der Waals surface area contributed by atoms with Crippen molar-refractivity contribution in [2.45, 2.75) is 25.9 Å². The van der Waals surface area contributed by atoms with Gasteiger partial charge in [0.25, 0.3) is 6.43 Å². The number of nitriles is 1. The Morgan fingerprint density at radius 3 is 2.41 bits per heavy atom. The molecular formula is C10H7F5N2. The number of nitrogens with zero attached hydrogens (tertiary/aromatic N) is 2. The van der Waals surface area contributed by atoms with Crippen molar-refractivity contribution in [2.24, 2.45) is 0 Å². The van der Waals surface area contributed by atoms with Crippen LogP contribution in [0.25, 0.3) is 0 Å². The van der Waals surface area contributed by atoms with Gasteiger partial charge in [-0.3, -0.25) is 0 Å². The first-order valence-corrected chi connectivity index (χ1v) is 4.50. The maximum absolute atomic E-state index is 12.5. The quantitative estimate of drug-likeness (QED) is 0.754. The third-order valence-corrected chi connectivity index (χ3v) is 2.08. The van der Waals surface area contributed by atoms with Gasteiger partial charge in [0.1, 0.15) is 11.4 Å². The Morgan fingerprint density at radius 2 is 2.00 bits per heavy atom. The topological polar surface area (TPSA) is 36.7 Å². The normalized spacial score (nSPS) is 11.6. The molecule has 0 amide bonds. The molecule has 0 aliphatic heterocycles. The summed E-state index contributed by atoms with van der Waals surface area (Å²) in [7, 11) is 0. The molecule has 0 atom stereocenters. The van der Waals surface area contributed by atoms with E-state index in [1.165, 1.54) is 6.92 Å². The minimum absolute atomic E-state index is 0.0572. The first kappa shape index (κ1) is 13.4. The zero-order valence-electron chi connectivity index (χ0n) is 8.65. The zero-order valence-corrected chi connectivity index (χ0v) is 8.65. The number of hydrogen-bond acceptors (Lipinski definition) is 2. The predicted octanol–water partition coefficient (Wildman–Crippen LogP) is 3.41. The van der Waals surface area contributed by atoms with Crippen LogP contribution in [0.4, 0.5) is 22.0 Å². The van der Waals surface area contributed by atoms with Crippen LogP contribution in [-0.4, -0.2) is 4.98 Å². The van der Waals surface area contributed by atoms with Crippen LogP contribution in [0.2, 0.25) is 0 Å². The van der Waals surface area contributed by atoms with Gasteiger partial charge >= 0.3 is 6.18 Å². The fraction of sp³-hybridized carbons (Fsp3) is 0.400. The maximum atomic E-state index is 12.5. The van der Waals surface area contributed by atoms with Crippen LogP contribution in [-0.2, 0) is 12.6 Å². The van der Waals surface area contributed by atoms with Gasteiger partial charge in [0.2, 0.25) is 0 Å². The Balaban J connectivity index is 3.43. The van der Waals surface area contributed by atoms with Gasteiger partial charge in [-0.25, -0.2) is 13.8 Å². The van der Waals surface area contributed by atoms with Crippen molar-refractivity contribution in [3.8, 4) is 6.07 Å². The smallest absolute Gasteiger partial charge is 0.242 e. The van der Waals surface area contributed by atoms with Crippen molar-refractivity contribution in [3.63, 3.8) is 0 Å². The van der Waals surface area contributed by atoms with E-state index in [1.54, 1.807) is 6.07 Å². The minimum atomic E-state index is -4.84. The Morgan fingerprint density at radius 1 is 1.41 bits per heavy atom. The maximum Gasteiger partial charge on any atom is 0.433 e. The number of pyridine rings is 1. The summed E-state index contributed by atoms with van der Waals surface area (Å²) in [5.74, 6) is 0. The van der Waals surface area contributed by atoms with Crippen LogP contribution >= 0.6 is 0 Å². The fourth-order valence-corrected chi connectivity index (χ4v) is 1.37. The fourth-order valence-electron chi connectivity index (χ4n) is 1.37. The van der Waals surface area contributed by atoms with Crippen LogP contribution in [0.5, 0.6) is 0 Å². The van der Waals surface area contributed by atoms with E-state index in [4.69, 9.17) is 5.26 Å². The summed E-state index contributed by atoms with van der Waals surface area (Å²) in [6, 6.07) is 2.48. The number of aryl methyl sites for hydroxylation is 1. The molecule has 0 fully saturated rings. The molecule has 92 valence electrons. The Hall–Kier alpha value is -1.71. The zero-order chi connectivity index (χ0) is 13.2. The van der Waals surface area contributed by atoms with Crippen LogP contribution < -0.4 is 0 Å². The third-order valence-electron chi connectivity index (χ3n) is 2.08. The Kier molecular flexibility index (Phi) is 3.66. The van der Waals surface area contributed by atoms with Crippen molar-refractivity contribution < 1.29 is 22.0 Å². The second-order valence-electron chi connectivity index (χ2n) is 3.33. The molecule has 0 unspecified atom stereocenters. The molecule has 0 saturated heterocycles. The van der Waals surface area contributed by atoms with Gasteiger partial charge in [0.15, 0.2) is 0 Å². The van der Waals surface area contributed by atoms with Crippen LogP contribution in [0, 0.1) is 18.3 Å². The molecule has 0 aliphatic rings.